The summed E-state index contributed by atoms with van der Waals surface area (Å²) in [6.45, 7) is 6.40. The molecule has 19 heavy (non-hydrogen) atoms. The fourth-order valence-electron chi connectivity index (χ4n) is 1.99. The number of rotatable bonds is 4. The Labute approximate surface area is 120 Å². The van der Waals surface area contributed by atoms with Crippen LogP contribution in [-0.2, 0) is 6.42 Å². The Kier molecular flexibility index (Phi) is 4.58. The van der Waals surface area contributed by atoms with E-state index in [0.717, 1.165) is 41.3 Å². The van der Waals surface area contributed by atoms with Crippen LogP contribution in [0.5, 0.6) is 11.5 Å². The van der Waals surface area contributed by atoms with E-state index in [1.54, 1.807) is 0 Å². The van der Waals surface area contributed by atoms with Gasteiger partial charge in [0.15, 0.2) is 11.5 Å². The Morgan fingerprint density at radius 2 is 1.84 bits per heavy atom. The van der Waals surface area contributed by atoms with E-state index < -0.39 is 0 Å². The number of ether oxygens (including phenoxy) is 2. The average molecular weight is 284 g/mol. The predicted octanol–water partition coefficient (Wildman–Crippen LogP) is 3.42. The molecule has 0 atom stereocenters. The third-order valence-electron chi connectivity index (χ3n) is 3.54. The minimum absolute atomic E-state index is 0.132. The molecular weight excluding hydrogens is 262 g/mol. The minimum atomic E-state index is 0.132. The summed E-state index contributed by atoms with van der Waals surface area (Å²) in [5, 5.41) is 0.747. The molecule has 0 bridgehead atoms. The maximum Gasteiger partial charge on any atom is 0.162 e. The molecule has 0 aliphatic carbocycles. The van der Waals surface area contributed by atoms with Gasteiger partial charge in [0.2, 0.25) is 0 Å². The molecule has 1 aliphatic rings. The maximum atomic E-state index is 6.32. The van der Waals surface area contributed by atoms with E-state index in [2.05, 4.69) is 13.8 Å². The summed E-state index contributed by atoms with van der Waals surface area (Å²) < 4.78 is 11.3. The van der Waals surface area contributed by atoms with Gasteiger partial charge in [-0.2, -0.15) is 0 Å². The second-order valence-electron chi connectivity index (χ2n) is 5.81. The van der Waals surface area contributed by atoms with E-state index in [1.165, 1.54) is 0 Å². The molecule has 0 aromatic heterocycles. The van der Waals surface area contributed by atoms with Crippen LogP contribution in [-0.4, -0.2) is 19.8 Å². The van der Waals surface area contributed by atoms with Crippen molar-refractivity contribution in [2.75, 3.05) is 19.8 Å². The summed E-state index contributed by atoms with van der Waals surface area (Å²) in [6, 6.07) is 3.88. The summed E-state index contributed by atoms with van der Waals surface area (Å²) in [5.41, 5.74) is 7.00. The van der Waals surface area contributed by atoms with Crippen molar-refractivity contribution in [2.45, 2.75) is 33.1 Å². The highest BCUT2D eigenvalue weighted by Gasteiger charge is 2.18. The van der Waals surface area contributed by atoms with Gasteiger partial charge in [0.05, 0.1) is 13.2 Å². The number of benzene rings is 1. The molecule has 0 saturated heterocycles. The molecule has 2 N–H and O–H groups in total. The third kappa shape index (κ3) is 3.77. The third-order valence-corrected chi connectivity index (χ3v) is 3.89. The molecule has 1 aromatic rings. The molecule has 1 aromatic carbocycles. The van der Waals surface area contributed by atoms with Crippen molar-refractivity contribution in [1.29, 1.82) is 0 Å². The molecular formula is C15H22ClNO2. The maximum absolute atomic E-state index is 6.32. The van der Waals surface area contributed by atoms with Crippen molar-refractivity contribution in [2.24, 2.45) is 11.1 Å². The lowest BCUT2D eigenvalue weighted by atomic mass is 9.86. The Morgan fingerprint density at radius 3 is 2.47 bits per heavy atom. The van der Waals surface area contributed by atoms with E-state index in [4.69, 9.17) is 26.8 Å². The van der Waals surface area contributed by atoms with E-state index in [1.807, 2.05) is 12.1 Å². The van der Waals surface area contributed by atoms with Crippen LogP contribution in [0.2, 0.25) is 5.02 Å². The van der Waals surface area contributed by atoms with Gasteiger partial charge in [0.25, 0.3) is 0 Å². The van der Waals surface area contributed by atoms with Gasteiger partial charge in [-0.15, -0.1) is 0 Å². The zero-order valence-corrected chi connectivity index (χ0v) is 12.4. The number of halogens is 1. The molecule has 2 rings (SSSR count). The van der Waals surface area contributed by atoms with Gasteiger partial charge >= 0.3 is 0 Å². The lowest BCUT2D eigenvalue weighted by molar-refractivity contribution is 0.297. The Balaban J connectivity index is 2.15. The monoisotopic (exact) mass is 283 g/mol. The van der Waals surface area contributed by atoms with Crippen LogP contribution >= 0.6 is 11.6 Å². The largest absolute Gasteiger partial charge is 0.490 e. The molecule has 0 unspecified atom stereocenters. The van der Waals surface area contributed by atoms with Crippen molar-refractivity contribution in [3.63, 3.8) is 0 Å². The minimum Gasteiger partial charge on any atom is -0.490 e. The van der Waals surface area contributed by atoms with Crippen LogP contribution < -0.4 is 15.2 Å². The summed E-state index contributed by atoms with van der Waals surface area (Å²) in [5.74, 6) is 1.56. The standard InChI is InChI=1S/C15H22ClNO2/c1-15(2,10-17)5-4-11-8-13-14(9-12(11)16)19-7-3-6-18-13/h8-9H,3-7,10,17H2,1-2H3. The van der Waals surface area contributed by atoms with Crippen LogP contribution in [0, 0.1) is 5.41 Å². The quantitative estimate of drug-likeness (QED) is 0.921. The number of aryl methyl sites for hydroxylation is 1. The molecule has 106 valence electrons. The van der Waals surface area contributed by atoms with Crippen LogP contribution in [0.3, 0.4) is 0 Å². The molecule has 0 radical (unpaired) electrons. The molecule has 4 heteroatoms. The molecule has 0 spiro atoms. The van der Waals surface area contributed by atoms with Crippen molar-refractivity contribution < 1.29 is 9.47 Å². The van der Waals surface area contributed by atoms with Crippen molar-refractivity contribution in [3.05, 3.63) is 22.7 Å². The Bertz CT molecular complexity index is 446. The summed E-state index contributed by atoms with van der Waals surface area (Å²) in [6.07, 6.45) is 2.81. The van der Waals surface area contributed by atoms with Crippen molar-refractivity contribution in [1.82, 2.24) is 0 Å². The van der Waals surface area contributed by atoms with E-state index >= 15 is 0 Å². The highest BCUT2D eigenvalue weighted by Crippen LogP contribution is 2.36. The van der Waals surface area contributed by atoms with Gasteiger partial charge in [-0.05, 0) is 36.4 Å². The van der Waals surface area contributed by atoms with E-state index in [0.29, 0.717) is 19.8 Å². The van der Waals surface area contributed by atoms with Gasteiger partial charge in [-0.25, -0.2) is 0 Å². The van der Waals surface area contributed by atoms with Crippen LogP contribution in [0.15, 0.2) is 12.1 Å². The van der Waals surface area contributed by atoms with Crippen molar-refractivity contribution in [3.8, 4) is 11.5 Å². The zero-order chi connectivity index (χ0) is 13.9. The lowest BCUT2D eigenvalue weighted by Gasteiger charge is -2.22. The highest BCUT2D eigenvalue weighted by molar-refractivity contribution is 6.31. The number of hydrogen-bond acceptors (Lipinski definition) is 3. The highest BCUT2D eigenvalue weighted by atomic mass is 35.5. The van der Waals surface area contributed by atoms with Gasteiger partial charge < -0.3 is 15.2 Å². The summed E-state index contributed by atoms with van der Waals surface area (Å²) in [7, 11) is 0. The first-order valence-corrected chi connectivity index (χ1v) is 7.18. The van der Waals surface area contributed by atoms with Gasteiger partial charge in [0, 0.05) is 17.5 Å². The van der Waals surface area contributed by atoms with Crippen LogP contribution in [0.25, 0.3) is 0 Å². The Hall–Kier alpha value is -0.930. The fraction of sp³-hybridized carbons (Fsp3) is 0.600. The first kappa shape index (κ1) is 14.5. The lowest BCUT2D eigenvalue weighted by Crippen LogP contribution is -2.24. The van der Waals surface area contributed by atoms with E-state index in [9.17, 15) is 0 Å². The fourth-order valence-corrected chi connectivity index (χ4v) is 2.24. The molecule has 0 fully saturated rings. The van der Waals surface area contributed by atoms with E-state index in [-0.39, 0.29) is 5.41 Å². The topological polar surface area (TPSA) is 44.5 Å². The van der Waals surface area contributed by atoms with Gasteiger partial charge in [-0.1, -0.05) is 25.4 Å². The molecule has 0 amide bonds. The number of nitrogens with two attached hydrogens (primary N) is 1. The molecule has 1 aliphatic heterocycles. The van der Waals surface area contributed by atoms with Gasteiger partial charge in [0.1, 0.15) is 0 Å². The summed E-state index contributed by atoms with van der Waals surface area (Å²) >= 11 is 6.32. The Morgan fingerprint density at radius 1 is 1.21 bits per heavy atom. The van der Waals surface area contributed by atoms with Gasteiger partial charge in [-0.3, -0.25) is 0 Å². The predicted molar refractivity (Wildman–Crippen MR) is 78.2 cm³/mol. The summed E-state index contributed by atoms with van der Waals surface area (Å²) in [4.78, 5) is 0. The molecule has 0 saturated carbocycles. The normalized spacial score (nSPS) is 15.2. The zero-order valence-electron chi connectivity index (χ0n) is 11.7. The molecule has 3 nitrogen and oxygen atoms in total. The average Bonchev–Trinajstić information content (AvgIpc) is 2.61. The second kappa shape index (κ2) is 6.02. The first-order chi connectivity index (χ1) is 9.02. The number of fused-ring (bicyclic) bond motifs is 1. The van der Waals surface area contributed by atoms with Crippen LogP contribution in [0.4, 0.5) is 0 Å². The van der Waals surface area contributed by atoms with Crippen LogP contribution in [0.1, 0.15) is 32.3 Å². The first-order valence-electron chi connectivity index (χ1n) is 6.80. The molecule has 1 heterocycles. The SMILES string of the molecule is CC(C)(CN)CCc1cc2c(cc1Cl)OCCCO2. The second-order valence-corrected chi connectivity index (χ2v) is 6.22. The number of hydrogen-bond donors (Lipinski definition) is 1. The smallest absolute Gasteiger partial charge is 0.162 e. The van der Waals surface area contributed by atoms with Crippen molar-refractivity contribution >= 4 is 11.6 Å².